The van der Waals surface area contributed by atoms with Crippen LogP contribution in [0.2, 0.25) is 0 Å². The SMILES string of the molecule is O=C(c1ccc(OCC2CCCN2C(=O)C2CCCC2)cc1)N1CCCC1. The van der Waals surface area contributed by atoms with Gasteiger partial charge in [-0.25, -0.2) is 0 Å². The van der Waals surface area contributed by atoms with Crippen LogP contribution in [0.3, 0.4) is 0 Å². The Bertz CT molecular complexity index is 661. The molecule has 0 radical (unpaired) electrons. The van der Waals surface area contributed by atoms with Gasteiger partial charge in [0.15, 0.2) is 0 Å². The zero-order valence-corrected chi connectivity index (χ0v) is 16.1. The first kappa shape index (κ1) is 18.3. The molecular formula is C22H30N2O3. The van der Waals surface area contributed by atoms with Gasteiger partial charge in [0.25, 0.3) is 5.91 Å². The summed E-state index contributed by atoms with van der Waals surface area (Å²) in [4.78, 5) is 29.1. The van der Waals surface area contributed by atoms with Crippen molar-refractivity contribution in [1.82, 2.24) is 9.80 Å². The normalized spacial score (nSPS) is 23.2. The quantitative estimate of drug-likeness (QED) is 0.797. The van der Waals surface area contributed by atoms with E-state index in [9.17, 15) is 9.59 Å². The Morgan fingerprint density at radius 2 is 1.59 bits per heavy atom. The largest absolute Gasteiger partial charge is 0.491 e. The van der Waals surface area contributed by atoms with Crippen molar-refractivity contribution in [3.05, 3.63) is 29.8 Å². The maximum absolute atomic E-state index is 12.7. The summed E-state index contributed by atoms with van der Waals surface area (Å²) in [6.45, 7) is 3.14. The lowest BCUT2D eigenvalue weighted by molar-refractivity contribution is -0.136. The zero-order valence-electron chi connectivity index (χ0n) is 16.1. The molecule has 1 atom stereocenters. The molecule has 2 heterocycles. The van der Waals surface area contributed by atoms with Crippen molar-refractivity contribution in [2.24, 2.45) is 5.92 Å². The second-order valence-corrected chi connectivity index (χ2v) is 8.14. The number of amides is 2. The summed E-state index contributed by atoms with van der Waals surface area (Å²) in [7, 11) is 0. The first-order valence-electron chi connectivity index (χ1n) is 10.5. The van der Waals surface area contributed by atoms with Gasteiger partial charge in [0, 0.05) is 31.1 Å². The average molecular weight is 370 g/mol. The van der Waals surface area contributed by atoms with E-state index in [2.05, 4.69) is 4.90 Å². The van der Waals surface area contributed by atoms with Gasteiger partial charge >= 0.3 is 0 Å². The van der Waals surface area contributed by atoms with Crippen LogP contribution in [0.15, 0.2) is 24.3 Å². The molecule has 146 valence electrons. The monoisotopic (exact) mass is 370 g/mol. The van der Waals surface area contributed by atoms with Gasteiger partial charge in [-0.05, 0) is 62.8 Å². The molecule has 1 aliphatic carbocycles. The number of hydrogen-bond donors (Lipinski definition) is 0. The predicted molar refractivity (Wildman–Crippen MR) is 104 cm³/mol. The van der Waals surface area contributed by atoms with Gasteiger partial charge in [0.2, 0.25) is 5.91 Å². The number of carbonyl (C=O) groups excluding carboxylic acids is 2. The van der Waals surface area contributed by atoms with Crippen molar-refractivity contribution in [1.29, 1.82) is 0 Å². The molecular weight excluding hydrogens is 340 g/mol. The molecule has 27 heavy (non-hydrogen) atoms. The third-order valence-corrected chi connectivity index (χ3v) is 6.30. The standard InChI is InChI=1S/C22H30N2O3/c25-21(23-13-3-4-14-23)18-9-11-20(12-10-18)27-16-19-8-5-15-24(19)22(26)17-6-1-2-7-17/h9-12,17,19H,1-8,13-16H2. The van der Waals surface area contributed by atoms with Gasteiger partial charge in [0.1, 0.15) is 12.4 Å². The molecule has 1 unspecified atom stereocenters. The number of hydrogen-bond acceptors (Lipinski definition) is 3. The van der Waals surface area contributed by atoms with Crippen molar-refractivity contribution >= 4 is 11.8 Å². The summed E-state index contributed by atoms with van der Waals surface area (Å²) < 4.78 is 5.97. The fraction of sp³-hybridized carbons (Fsp3) is 0.636. The van der Waals surface area contributed by atoms with E-state index in [1.807, 2.05) is 29.2 Å². The van der Waals surface area contributed by atoms with Crippen LogP contribution in [0, 0.1) is 5.92 Å². The van der Waals surface area contributed by atoms with E-state index in [0.717, 1.165) is 69.5 Å². The second kappa shape index (κ2) is 8.32. The highest BCUT2D eigenvalue weighted by Gasteiger charge is 2.34. The van der Waals surface area contributed by atoms with Crippen molar-refractivity contribution in [2.75, 3.05) is 26.2 Å². The maximum atomic E-state index is 12.7. The molecule has 2 amide bonds. The molecule has 0 bridgehead atoms. The minimum atomic E-state index is 0.114. The topological polar surface area (TPSA) is 49.9 Å². The molecule has 0 N–H and O–H groups in total. The Labute approximate surface area is 161 Å². The summed E-state index contributed by atoms with van der Waals surface area (Å²) in [5, 5.41) is 0. The number of nitrogens with zero attached hydrogens (tertiary/aromatic N) is 2. The first-order valence-corrected chi connectivity index (χ1v) is 10.5. The van der Waals surface area contributed by atoms with Crippen LogP contribution in [-0.4, -0.2) is 53.9 Å². The lowest BCUT2D eigenvalue weighted by Gasteiger charge is -2.27. The lowest BCUT2D eigenvalue weighted by Crippen LogP contribution is -2.41. The Kier molecular flexibility index (Phi) is 5.65. The van der Waals surface area contributed by atoms with Crippen LogP contribution in [0.25, 0.3) is 0 Å². The molecule has 1 saturated carbocycles. The second-order valence-electron chi connectivity index (χ2n) is 8.14. The Morgan fingerprint density at radius 1 is 0.889 bits per heavy atom. The van der Waals surface area contributed by atoms with Crippen LogP contribution in [0.4, 0.5) is 0 Å². The van der Waals surface area contributed by atoms with E-state index < -0.39 is 0 Å². The van der Waals surface area contributed by atoms with Crippen molar-refractivity contribution < 1.29 is 14.3 Å². The van der Waals surface area contributed by atoms with Gasteiger partial charge in [-0.15, -0.1) is 0 Å². The minimum Gasteiger partial charge on any atom is -0.491 e. The zero-order chi connectivity index (χ0) is 18.6. The number of likely N-dealkylation sites (tertiary alicyclic amines) is 2. The molecule has 5 heteroatoms. The highest BCUT2D eigenvalue weighted by atomic mass is 16.5. The summed E-state index contributed by atoms with van der Waals surface area (Å²) >= 11 is 0. The van der Waals surface area contributed by atoms with E-state index in [-0.39, 0.29) is 17.9 Å². The summed E-state index contributed by atoms with van der Waals surface area (Å²) in [6, 6.07) is 7.64. The smallest absolute Gasteiger partial charge is 0.253 e. The molecule has 1 aromatic rings. The third-order valence-electron chi connectivity index (χ3n) is 6.30. The molecule has 2 saturated heterocycles. The van der Waals surface area contributed by atoms with E-state index >= 15 is 0 Å². The van der Waals surface area contributed by atoms with Crippen LogP contribution in [0.5, 0.6) is 5.75 Å². The Hall–Kier alpha value is -2.04. The van der Waals surface area contributed by atoms with Crippen LogP contribution < -0.4 is 4.74 Å². The Morgan fingerprint density at radius 3 is 2.30 bits per heavy atom. The van der Waals surface area contributed by atoms with Crippen LogP contribution >= 0.6 is 0 Å². The molecule has 3 fully saturated rings. The Balaban J connectivity index is 1.31. The van der Waals surface area contributed by atoms with Gasteiger partial charge < -0.3 is 14.5 Å². The molecule has 0 aromatic heterocycles. The predicted octanol–water partition coefficient (Wildman–Crippen LogP) is 3.48. The van der Waals surface area contributed by atoms with E-state index in [1.54, 1.807) is 0 Å². The van der Waals surface area contributed by atoms with Crippen LogP contribution in [0.1, 0.15) is 61.7 Å². The molecule has 1 aromatic carbocycles. The molecule has 3 aliphatic rings. The lowest BCUT2D eigenvalue weighted by atomic mass is 10.1. The van der Waals surface area contributed by atoms with E-state index in [1.165, 1.54) is 12.8 Å². The van der Waals surface area contributed by atoms with E-state index in [0.29, 0.717) is 12.5 Å². The van der Waals surface area contributed by atoms with Gasteiger partial charge in [-0.1, -0.05) is 12.8 Å². The third kappa shape index (κ3) is 4.12. The number of rotatable bonds is 5. The number of benzene rings is 1. The van der Waals surface area contributed by atoms with Gasteiger partial charge in [0.05, 0.1) is 6.04 Å². The molecule has 4 rings (SSSR count). The summed E-state index contributed by atoms with van der Waals surface area (Å²) in [5.41, 5.74) is 0.725. The first-order chi connectivity index (χ1) is 13.2. The molecule has 5 nitrogen and oxygen atoms in total. The highest BCUT2D eigenvalue weighted by Crippen LogP contribution is 2.30. The van der Waals surface area contributed by atoms with Gasteiger partial charge in [-0.2, -0.15) is 0 Å². The molecule has 0 spiro atoms. The number of carbonyl (C=O) groups is 2. The maximum Gasteiger partial charge on any atom is 0.253 e. The van der Waals surface area contributed by atoms with Crippen molar-refractivity contribution in [3.8, 4) is 5.75 Å². The minimum absolute atomic E-state index is 0.114. The van der Waals surface area contributed by atoms with Crippen molar-refractivity contribution in [3.63, 3.8) is 0 Å². The summed E-state index contributed by atoms with van der Waals surface area (Å²) in [6.07, 6.45) is 8.77. The number of ether oxygens (including phenoxy) is 1. The fourth-order valence-corrected chi connectivity index (χ4v) is 4.70. The van der Waals surface area contributed by atoms with Gasteiger partial charge in [-0.3, -0.25) is 9.59 Å². The molecule has 2 aliphatic heterocycles. The highest BCUT2D eigenvalue weighted by molar-refractivity contribution is 5.94. The average Bonchev–Trinajstić information content (AvgIpc) is 3.48. The fourth-order valence-electron chi connectivity index (χ4n) is 4.70. The van der Waals surface area contributed by atoms with Crippen molar-refractivity contribution in [2.45, 2.75) is 57.4 Å². The van der Waals surface area contributed by atoms with E-state index in [4.69, 9.17) is 4.74 Å². The van der Waals surface area contributed by atoms with Crippen LogP contribution in [-0.2, 0) is 4.79 Å². The summed E-state index contributed by atoms with van der Waals surface area (Å²) in [5.74, 6) is 1.46.